The largest absolute Gasteiger partial charge is 0.393 e. The lowest BCUT2D eigenvalue weighted by atomic mass is 9.84. The molecule has 0 saturated heterocycles. The van der Waals surface area contributed by atoms with E-state index in [2.05, 4.69) is 0 Å². The van der Waals surface area contributed by atoms with Gasteiger partial charge in [0.1, 0.15) is 0 Å². The zero-order valence-electron chi connectivity index (χ0n) is 7.82. The van der Waals surface area contributed by atoms with Crippen LogP contribution in [0.15, 0.2) is 0 Å². The first-order valence-electron chi connectivity index (χ1n) is 5.00. The van der Waals surface area contributed by atoms with Crippen LogP contribution >= 0.6 is 0 Å². The van der Waals surface area contributed by atoms with Gasteiger partial charge in [0.25, 0.3) is 0 Å². The van der Waals surface area contributed by atoms with Crippen LogP contribution < -0.4 is 0 Å². The second-order valence-corrected chi connectivity index (χ2v) is 3.81. The molecule has 1 rings (SSSR count). The molecule has 1 saturated carbocycles. The lowest BCUT2D eigenvalue weighted by Gasteiger charge is -2.25. The average molecular weight is 187 g/mol. The van der Waals surface area contributed by atoms with E-state index in [1.807, 2.05) is 0 Å². The Morgan fingerprint density at radius 2 is 2.00 bits per heavy atom. The summed E-state index contributed by atoms with van der Waals surface area (Å²) in [6, 6.07) is 0. The number of aliphatic hydroxyl groups is 1. The highest BCUT2D eigenvalue weighted by molar-refractivity contribution is 4.72. The molecule has 0 aliphatic heterocycles. The van der Waals surface area contributed by atoms with Gasteiger partial charge in [0.2, 0.25) is 6.54 Å². The molecule has 1 aliphatic carbocycles. The van der Waals surface area contributed by atoms with Gasteiger partial charge in [0.15, 0.2) is 0 Å². The summed E-state index contributed by atoms with van der Waals surface area (Å²) in [6.07, 6.45) is 5.53. The van der Waals surface area contributed by atoms with Crippen molar-refractivity contribution in [3.63, 3.8) is 0 Å². The molecule has 1 unspecified atom stereocenters. The monoisotopic (exact) mass is 187 g/mol. The normalized spacial score (nSPS) is 21.3. The number of nitrogens with zero attached hydrogens (tertiary/aromatic N) is 1. The zero-order valence-corrected chi connectivity index (χ0v) is 7.82. The van der Waals surface area contributed by atoms with Gasteiger partial charge >= 0.3 is 0 Å². The molecule has 13 heavy (non-hydrogen) atoms. The van der Waals surface area contributed by atoms with Crippen molar-refractivity contribution >= 4 is 0 Å². The van der Waals surface area contributed by atoms with E-state index in [0.29, 0.717) is 12.3 Å². The molecule has 4 heteroatoms. The highest BCUT2D eigenvalue weighted by atomic mass is 16.6. The van der Waals surface area contributed by atoms with Crippen LogP contribution in [0.25, 0.3) is 0 Å². The lowest BCUT2D eigenvalue weighted by molar-refractivity contribution is -0.482. The van der Waals surface area contributed by atoms with Gasteiger partial charge in [-0.1, -0.05) is 19.3 Å². The van der Waals surface area contributed by atoms with Gasteiger partial charge < -0.3 is 5.11 Å². The maximum absolute atomic E-state index is 10.1. The molecule has 0 amide bonds. The summed E-state index contributed by atoms with van der Waals surface area (Å²) in [5, 5.41) is 19.7. The fraction of sp³-hybridized carbons (Fsp3) is 1.00. The van der Waals surface area contributed by atoms with Crippen molar-refractivity contribution in [2.75, 3.05) is 6.54 Å². The summed E-state index contributed by atoms with van der Waals surface area (Å²) in [5.74, 6) is 0.314. The Labute approximate surface area is 78.1 Å². The first-order chi connectivity index (χ1) is 6.20. The standard InChI is InChI=1S/C9H17NO3/c11-9(6-7-10(12)13)8-4-2-1-3-5-8/h8-9,11H,1-7H2. The van der Waals surface area contributed by atoms with Crippen LogP contribution in [0.3, 0.4) is 0 Å². The van der Waals surface area contributed by atoms with Gasteiger partial charge in [0, 0.05) is 11.3 Å². The second-order valence-electron chi connectivity index (χ2n) is 3.81. The van der Waals surface area contributed by atoms with Crippen LogP contribution in [0.4, 0.5) is 0 Å². The number of hydrogen-bond donors (Lipinski definition) is 1. The maximum Gasteiger partial charge on any atom is 0.206 e. The van der Waals surface area contributed by atoms with E-state index in [4.69, 9.17) is 0 Å². The molecular formula is C9H17NO3. The number of aliphatic hydroxyl groups excluding tert-OH is 1. The van der Waals surface area contributed by atoms with Gasteiger partial charge in [-0.15, -0.1) is 0 Å². The SMILES string of the molecule is O=[N+]([O-])CCC(O)C1CCCCC1. The van der Waals surface area contributed by atoms with E-state index in [-0.39, 0.29) is 11.5 Å². The van der Waals surface area contributed by atoms with Crippen LogP contribution in [-0.2, 0) is 0 Å². The Morgan fingerprint density at radius 1 is 1.38 bits per heavy atom. The third-order valence-corrected chi connectivity index (χ3v) is 2.80. The summed E-state index contributed by atoms with van der Waals surface area (Å²) in [6.45, 7) is -0.0995. The summed E-state index contributed by atoms with van der Waals surface area (Å²) >= 11 is 0. The van der Waals surface area contributed by atoms with E-state index < -0.39 is 6.10 Å². The van der Waals surface area contributed by atoms with Crippen LogP contribution in [0.2, 0.25) is 0 Å². The fourth-order valence-electron chi connectivity index (χ4n) is 1.99. The van der Waals surface area contributed by atoms with Crippen molar-refractivity contribution < 1.29 is 10.0 Å². The van der Waals surface area contributed by atoms with E-state index in [0.717, 1.165) is 12.8 Å². The van der Waals surface area contributed by atoms with Crippen molar-refractivity contribution in [1.29, 1.82) is 0 Å². The van der Waals surface area contributed by atoms with E-state index in [1.54, 1.807) is 0 Å². The van der Waals surface area contributed by atoms with E-state index >= 15 is 0 Å². The Morgan fingerprint density at radius 3 is 2.54 bits per heavy atom. The smallest absolute Gasteiger partial charge is 0.206 e. The van der Waals surface area contributed by atoms with Crippen molar-refractivity contribution in [1.82, 2.24) is 0 Å². The van der Waals surface area contributed by atoms with Crippen LogP contribution in [-0.4, -0.2) is 22.7 Å². The summed E-state index contributed by atoms with van der Waals surface area (Å²) < 4.78 is 0. The molecule has 1 fully saturated rings. The lowest BCUT2D eigenvalue weighted by Crippen LogP contribution is -2.25. The predicted octanol–water partition coefficient (Wildman–Crippen LogP) is 1.59. The molecule has 0 radical (unpaired) electrons. The van der Waals surface area contributed by atoms with E-state index in [1.165, 1.54) is 19.3 Å². The topological polar surface area (TPSA) is 63.4 Å². The minimum Gasteiger partial charge on any atom is -0.393 e. The number of rotatable bonds is 4. The minimum absolute atomic E-state index is 0.0995. The maximum atomic E-state index is 10.1. The molecule has 1 aliphatic rings. The Hall–Kier alpha value is -0.640. The van der Waals surface area contributed by atoms with Crippen LogP contribution in [0, 0.1) is 16.0 Å². The van der Waals surface area contributed by atoms with Crippen molar-refractivity contribution in [2.45, 2.75) is 44.6 Å². The Kier molecular flexibility index (Phi) is 4.15. The zero-order chi connectivity index (χ0) is 9.68. The molecule has 0 aromatic heterocycles. The highest BCUT2D eigenvalue weighted by Gasteiger charge is 2.22. The minimum atomic E-state index is -0.453. The fourth-order valence-corrected chi connectivity index (χ4v) is 1.99. The molecule has 0 heterocycles. The summed E-state index contributed by atoms with van der Waals surface area (Å²) in [7, 11) is 0. The summed E-state index contributed by atoms with van der Waals surface area (Å²) in [5.41, 5.74) is 0. The van der Waals surface area contributed by atoms with Gasteiger partial charge in [-0.2, -0.15) is 0 Å². The molecule has 0 spiro atoms. The molecule has 4 nitrogen and oxygen atoms in total. The average Bonchev–Trinajstić information content (AvgIpc) is 2.15. The first kappa shape index (κ1) is 10.4. The third kappa shape index (κ3) is 3.72. The first-order valence-corrected chi connectivity index (χ1v) is 5.00. The number of nitro groups is 1. The third-order valence-electron chi connectivity index (χ3n) is 2.80. The molecule has 0 aromatic carbocycles. The van der Waals surface area contributed by atoms with Crippen LogP contribution in [0.5, 0.6) is 0 Å². The van der Waals surface area contributed by atoms with Crippen molar-refractivity contribution in [3.05, 3.63) is 10.1 Å². The van der Waals surface area contributed by atoms with Gasteiger partial charge in [-0.05, 0) is 18.8 Å². The van der Waals surface area contributed by atoms with Gasteiger partial charge in [0.05, 0.1) is 6.10 Å². The predicted molar refractivity (Wildman–Crippen MR) is 49.1 cm³/mol. The Balaban J connectivity index is 2.20. The van der Waals surface area contributed by atoms with Crippen molar-refractivity contribution in [2.24, 2.45) is 5.92 Å². The van der Waals surface area contributed by atoms with Gasteiger partial charge in [-0.25, -0.2) is 0 Å². The van der Waals surface area contributed by atoms with Gasteiger partial charge in [-0.3, -0.25) is 10.1 Å². The quantitative estimate of drug-likeness (QED) is 0.537. The van der Waals surface area contributed by atoms with Crippen molar-refractivity contribution in [3.8, 4) is 0 Å². The molecular weight excluding hydrogens is 170 g/mol. The van der Waals surface area contributed by atoms with Crippen LogP contribution in [0.1, 0.15) is 38.5 Å². The highest BCUT2D eigenvalue weighted by Crippen LogP contribution is 2.27. The molecule has 1 N–H and O–H groups in total. The summed E-state index contributed by atoms with van der Waals surface area (Å²) in [4.78, 5) is 9.73. The molecule has 76 valence electrons. The molecule has 0 bridgehead atoms. The van der Waals surface area contributed by atoms with E-state index in [9.17, 15) is 15.2 Å². The molecule has 1 atom stereocenters. The number of hydrogen-bond acceptors (Lipinski definition) is 3. The molecule has 0 aromatic rings. The Bertz CT molecular complexity index is 166. The second kappa shape index (κ2) is 5.17.